The van der Waals surface area contributed by atoms with E-state index in [1.807, 2.05) is 0 Å². The van der Waals surface area contributed by atoms with Crippen molar-refractivity contribution >= 4 is 28.8 Å². The molecule has 0 saturated heterocycles. The van der Waals surface area contributed by atoms with Gasteiger partial charge in [0.1, 0.15) is 16.1 Å². The van der Waals surface area contributed by atoms with Gasteiger partial charge in [-0.05, 0) is 35.4 Å². The summed E-state index contributed by atoms with van der Waals surface area (Å²) < 4.78 is 51.1. The molecule has 0 spiro atoms. The lowest BCUT2D eigenvalue weighted by atomic mass is 9.99. The van der Waals surface area contributed by atoms with Gasteiger partial charge in [-0.2, -0.15) is 13.2 Å². The third kappa shape index (κ3) is 3.36. The fourth-order valence-electron chi connectivity index (χ4n) is 1.73. The molecule has 0 aliphatic rings. The van der Waals surface area contributed by atoms with Gasteiger partial charge in [0.05, 0.1) is 5.56 Å². The van der Waals surface area contributed by atoms with E-state index in [2.05, 4.69) is 11.6 Å². The Morgan fingerprint density at radius 1 is 1.10 bits per heavy atom. The Morgan fingerprint density at radius 2 is 1.76 bits per heavy atom. The van der Waals surface area contributed by atoms with Crippen molar-refractivity contribution in [3.8, 4) is 0 Å². The van der Waals surface area contributed by atoms with Gasteiger partial charge in [0.2, 0.25) is 0 Å². The molecule has 0 aliphatic heterocycles. The van der Waals surface area contributed by atoms with Crippen molar-refractivity contribution in [3.63, 3.8) is 0 Å². The second kappa shape index (κ2) is 5.66. The second-order valence-electron chi connectivity index (χ2n) is 4.14. The highest BCUT2D eigenvalue weighted by Crippen LogP contribution is 2.34. The topological polar surface area (TPSA) is 12.9 Å². The van der Waals surface area contributed by atoms with Crippen LogP contribution in [0.25, 0.3) is 5.57 Å². The van der Waals surface area contributed by atoms with Crippen LogP contribution in [0.4, 0.5) is 17.6 Å². The molecule has 1 aromatic heterocycles. The molecule has 2 rings (SSSR count). The summed E-state index contributed by atoms with van der Waals surface area (Å²) in [4.78, 5) is 3.80. The third-order valence-electron chi connectivity index (χ3n) is 2.76. The Morgan fingerprint density at radius 3 is 2.29 bits per heavy atom. The molecular formula is C14H7Cl2F4N. The van der Waals surface area contributed by atoms with Crippen molar-refractivity contribution < 1.29 is 17.6 Å². The number of hydrogen-bond acceptors (Lipinski definition) is 1. The molecule has 21 heavy (non-hydrogen) atoms. The van der Waals surface area contributed by atoms with Gasteiger partial charge in [-0.3, -0.25) is 0 Å². The molecule has 0 radical (unpaired) electrons. The predicted molar refractivity (Wildman–Crippen MR) is 73.8 cm³/mol. The molecule has 0 saturated carbocycles. The third-order valence-corrected chi connectivity index (χ3v) is 3.26. The number of pyridine rings is 1. The van der Waals surface area contributed by atoms with Crippen LogP contribution in [-0.4, -0.2) is 4.98 Å². The average Bonchev–Trinajstić information content (AvgIpc) is 2.36. The van der Waals surface area contributed by atoms with E-state index >= 15 is 0 Å². The van der Waals surface area contributed by atoms with Crippen molar-refractivity contribution in [2.75, 3.05) is 0 Å². The van der Waals surface area contributed by atoms with Crippen LogP contribution in [-0.2, 0) is 6.18 Å². The number of hydrogen-bond donors (Lipinski definition) is 0. The molecular weight excluding hydrogens is 329 g/mol. The Bertz CT molecular complexity index is 711. The second-order valence-corrected chi connectivity index (χ2v) is 4.89. The van der Waals surface area contributed by atoms with E-state index in [4.69, 9.17) is 23.2 Å². The van der Waals surface area contributed by atoms with E-state index < -0.39 is 17.6 Å². The molecule has 7 heteroatoms. The highest BCUT2D eigenvalue weighted by Gasteiger charge is 2.34. The molecule has 0 atom stereocenters. The van der Waals surface area contributed by atoms with Gasteiger partial charge in [0.25, 0.3) is 0 Å². The Hall–Kier alpha value is -1.59. The molecule has 0 amide bonds. The number of benzene rings is 1. The van der Waals surface area contributed by atoms with Crippen molar-refractivity contribution in [3.05, 3.63) is 69.7 Å². The minimum atomic E-state index is -4.75. The lowest BCUT2D eigenvalue weighted by Gasteiger charge is -2.12. The Labute approximate surface area is 127 Å². The van der Waals surface area contributed by atoms with Crippen molar-refractivity contribution in [1.82, 2.24) is 4.98 Å². The lowest BCUT2D eigenvalue weighted by molar-refractivity contribution is -0.140. The van der Waals surface area contributed by atoms with Crippen LogP contribution in [0.5, 0.6) is 0 Å². The van der Waals surface area contributed by atoms with E-state index in [-0.39, 0.29) is 21.4 Å². The van der Waals surface area contributed by atoms with Gasteiger partial charge in [-0.25, -0.2) is 9.37 Å². The van der Waals surface area contributed by atoms with E-state index in [0.29, 0.717) is 11.6 Å². The van der Waals surface area contributed by atoms with E-state index in [0.717, 1.165) is 12.1 Å². The van der Waals surface area contributed by atoms with Crippen molar-refractivity contribution in [2.24, 2.45) is 0 Å². The summed E-state index contributed by atoms with van der Waals surface area (Å²) in [6.45, 7) is 3.70. The van der Waals surface area contributed by atoms with Gasteiger partial charge in [0, 0.05) is 5.56 Å². The van der Waals surface area contributed by atoms with Crippen LogP contribution < -0.4 is 0 Å². The number of aromatic nitrogens is 1. The van der Waals surface area contributed by atoms with Crippen molar-refractivity contribution in [2.45, 2.75) is 6.18 Å². The Kier molecular flexibility index (Phi) is 4.25. The fraction of sp³-hybridized carbons (Fsp3) is 0.0714. The number of halogens is 6. The van der Waals surface area contributed by atoms with Gasteiger partial charge in [0.15, 0.2) is 0 Å². The summed E-state index contributed by atoms with van der Waals surface area (Å²) in [6, 6.07) is 5.51. The molecule has 0 bridgehead atoms. The summed E-state index contributed by atoms with van der Waals surface area (Å²) in [7, 11) is 0. The normalized spacial score (nSPS) is 11.5. The maximum atomic E-state index is 13.6. The molecule has 2 aromatic rings. The fourth-order valence-corrected chi connectivity index (χ4v) is 2.18. The summed E-state index contributed by atoms with van der Waals surface area (Å²) in [5.41, 5.74) is -0.553. The number of alkyl halides is 3. The molecule has 0 aliphatic carbocycles. The largest absolute Gasteiger partial charge is 0.419 e. The maximum Gasteiger partial charge on any atom is 0.419 e. The first-order chi connectivity index (χ1) is 9.70. The van der Waals surface area contributed by atoms with E-state index in [9.17, 15) is 17.6 Å². The summed E-state index contributed by atoms with van der Waals surface area (Å²) in [5.74, 6) is -1.38. The molecule has 110 valence electrons. The minimum absolute atomic E-state index is 0.0350. The van der Waals surface area contributed by atoms with Crippen LogP contribution in [0.15, 0.2) is 36.9 Å². The van der Waals surface area contributed by atoms with Crippen molar-refractivity contribution in [1.29, 1.82) is 0 Å². The standard InChI is InChI=1S/C14H7Cl2F4N/c1-7(9-3-5-12(15)21-13(9)16)8-2-4-10(11(17)6-8)14(18,19)20/h2-6H,1H2. The summed E-state index contributed by atoms with van der Waals surface area (Å²) >= 11 is 11.5. The smallest absolute Gasteiger partial charge is 0.224 e. The van der Waals surface area contributed by atoms with Gasteiger partial charge >= 0.3 is 6.18 Å². The first-order valence-electron chi connectivity index (χ1n) is 5.58. The van der Waals surface area contributed by atoms with Gasteiger partial charge in [-0.15, -0.1) is 0 Å². The first-order valence-corrected chi connectivity index (χ1v) is 6.34. The quantitative estimate of drug-likeness (QED) is 0.513. The van der Waals surface area contributed by atoms with Crippen LogP contribution in [0.3, 0.4) is 0 Å². The zero-order chi connectivity index (χ0) is 15.8. The minimum Gasteiger partial charge on any atom is -0.224 e. The molecule has 0 fully saturated rings. The van der Waals surface area contributed by atoms with E-state index in [1.54, 1.807) is 0 Å². The zero-order valence-corrected chi connectivity index (χ0v) is 11.8. The van der Waals surface area contributed by atoms with Crippen LogP contribution in [0.1, 0.15) is 16.7 Å². The van der Waals surface area contributed by atoms with Crippen LogP contribution >= 0.6 is 23.2 Å². The first kappa shape index (κ1) is 15.8. The lowest BCUT2D eigenvalue weighted by Crippen LogP contribution is -2.08. The molecule has 1 heterocycles. The molecule has 0 unspecified atom stereocenters. The highest BCUT2D eigenvalue weighted by atomic mass is 35.5. The summed E-state index contributed by atoms with van der Waals surface area (Å²) in [5, 5.41) is 0.197. The average molecular weight is 336 g/mol. The predicted octanol–water partition coefficient (Wildman–Crippen LogP) is 5.61. The zero-order valence-electron chi connectivity index (χ0n) is 10.3. The van der Waals surface area contributed by atoms with Gasteiger partial charge in [-0.1, -0.05) is 35.8 Å². The van der Waals surface area contributed by atoms with E-state index in [1.165, 1.54) is 12.1 Å². The molecule has 1 nitrogen and oxygen atoms in total. The number of rotatable bonds is 2. The van der Waals surface area contributed by atoms with Crippen LogP contribution in [0, 0.1) is 5.82 Å². The SMILES string of the molecule is C=C(c1ccc(C(F)(F)F)c(F)c1)c1ccc(Cl)nc1Cl. The Balaban J connectivity index is 2.43. The highest BCUT2D eigenvalue weighted by molar-refractivity contribution is 6.33. The monoisotopic (exact) mass is 335 g/mol. The maximum absolute atomic E-state index is 13.6. The number of nitrogens with zero attached hydrogens (tertiary/aromatic N) is 1. The van der Waals surface area contributed by atoms with Gasteiger partial charge < -0.3 is 0 Å². The summed E-state index contributed by atoms with van der Waals surface area (Å²) in [6.07, 6.45) is -4.75. The molecule has 1 aromatic carbocycles. The van der Waals surface area contributed by atoms with Crippen LogP contribution in [0.2, 0.25) is 10.3 Å². The molecule has 0 N–H and O–H groups in total.